The quantitative estimate of drug-likeness (QED) is 0.797. The molecule has 2 rings (SSSR count). The molecule has 1 N–H and O–H groups in total. The van der Waals surface area contributed by atoms with Crippen LogP contribution in [0.1, 0.15) is 52.4 Å². The van der Waals surface area contributed by atoms with Crippen LogP contribution in [0.2, 0.25) is 0 Å². The van der Waals surface area contributed by atoms with Crippen LogP contribution in [0, 0.1) is 0 Å². The van der Waals surface area contributed by atoms with Crippen LogP contribution in [0.4, 0.5) is 0 Å². The van der Waals surface area contributed by atoms with Crippen LogP contribution in [-0.4, -0.2) is 61.2 Å². The summed E-state index contributed by atoms with van der Waals surface area (Å²) in [5.41, 5.74) is 0. The Labute approximate surface area is 119 Å². The van der Waals surface area contributed by atoms with E-state index in [0.717, 1.165) is 18.6 Å². The summed E-state index contributed by atoms with van der Waals surface area (Å²) in [6, 6.07) is 1.63. The summed E-state index contributed by atoms with van der Waals surface area (Å²) in [5, 5.41) is 3.52. The fraction of sp³-hybridized carbons (Fsp3) is 1.00. The topological polar surface area (TPSA) is 18.5 Å². The van der Waals surface area contributed by atoms with Crippen molar-refractivity contribution in [2.24, 2.45) is 0 Å². The number of hydrogen-bond donors (Lipinski definition) is 1. The second-order valence-corrected chi connectivity index (χ2v) is 6.23. The number of hydrogen-bond acceptors (Lipinski definition) is 3. The largest absolute Gasteiger partial charge is 0.315 e. The van der Waals surface area contributed by atoms with Gasteiger partial charge in [-0.3, -0.25) is 4.90 Å². The number of rotatable bonds is 6. The zero-order chi connectivity index (χ0) is 13.5. The van der Waals surface area contributed by atoms with Crippen molar-refractivity contribution in [3.05, 3.63) is 0 Å². The van der Waals surface area contributed by atoms with Gasteiger partial charge in [0, 0.05) is 18.6 Å². The molecular weight excluding hydrogens is 234 g/mol. The van der Waals surface area contributed by atoms with Crippen LogP contribution >= 0.6 is 0 Å². The first kappa shape index (κ1) is 15.3. The van der Waals surface area contributed by atoms with E-state index < -0.39 is 0 Å². The number of piperidine rings is 2. The lowest BCUT2D eigenvalue weighted by atomic mass is 9.98. The maximum absolute atomic E-state index is 3.52. The van der Waals surface area contributed by atoms with Crippen LogP contribution in [0.5, 0.6) is 0 Å². The molecule has 2 saturated heterocycles. The smallest absolute Gasteiger partial charge is 0.0218 e. The highest BCUT2D eigenvalue weighted by Crippen LogP contribution is 2.22. The van der Waals surface area contributed by atoms with Gasteiger partial charge in [-0.1, -0.05) is 20.3 Å². The lowest BCUT2D eigenvalue weighted by Gasteiger charge is -2.42. The molecule has 0 bridgehead atoms. The standard InChI is InChI=1S/C16H33N3/c1-3-15(14-17-4-2)19-12-8-16(9-13-19)18-10-6-5-7-11-18/h15-17H,3-14H2,1-2H3. The van der Waals surface area contributed by atoms with Gasteiger partial charge in [0.25, 0.3) is 0 Å². The third-order valence-corrected chi connectivity index (χ3v) is 5.02. The molecule has 0 aromatic carbocycles. The van der Waals surface area contributed by atoms with Crippen LogP contribution in [-0.2, 0) is 0 Å². The average Bonchev–Trinajstić information content (AvgIpc) is 2.49. The number of likely N-dealkylation sites (N-methyl/N-ethyl adjacent to an activating group) is 1. The predicted molar refractivity (Wildman–Crippen MR) is 82.6 cm³/mol. The number of nitrogens with one attached hydrogen (secondary N) is 1. The fourth-order valence-corrected chi connectivity index (χ4v) is 3.74. The average molecular weight is 267 g/mol. The molecule has 0 spiro atoms. The van der Waals surface area contributed by atoms with Crippen molar-refractivity contribution < 1.29 is 0 Å². The van der Waals surface area contributed by atoms with Crippen LogP contribution in [0.15, 0.2) is 0 Å². The molecule has 2 heterocycles. The van der Waals surface area contributed by atoms with E-state index in [0.29, 0.717) is 0 Å². The van der Waals surface area contributed by atoms with Crippen molar-refractivity contribution in [2.45, 2.75) is 64.5 Å². The first-order valence-electron chi connectivity index (χ1n) is 8.54. The minimum absolute atomic E-state index is 0.752. The second-order valence-electron chi connectivity index (χ2n) is 6.23. The van der Waals surface area contributed by atoms with Gasteiger partial charge < -0.3 is 10.2 Å². The van der Waals surface area contributed by atoms with E-state index in [1.54, 1.807) is 0 Å². The molecule has 0 aromatic rings. The third kappa shape index (κ3) is 4.44. The van der Waals surface area contributed by atoms with Gasteiger partial charge in [0.05, 0.1) is 0 Å². The molecule has 2 aliphatic heterocycles. The van der Waals surface area contributed by atoms with Crippen molar-refractivity contribution in [1.29, 1.82) is 0 Å². The maximum Gasteiger partial charge on any atom is 0.0218 e. The molecule has 19 heavy (non-hydrogen) atoms. The Bertz CT molecular complexity index is 230. The summed E-state index contributed by atoms with van der Waals surface area (Å²) in [5.74, 6) is 0. The Morgan fingerprint density at radius 2 is 1.68 bits per heavy atom. The van der Waals surface area contributed by atoms with Crippen molar-refractivity contribution in [1.82, 2.24) is 15.1 Å². The van der Waals surface area contributed by atoms with Crippen molar-refractivity contribution in [3.63, 3.8) is 0 Å². The van der Waals surface area contributed by atoms with Gasteiger partial charge in [-0.2, -0.15) is 0 Å². The molecule has 0 saturated carbocycles. The molecular formula is C16H33N3. The lowest BCUT2D eigenvalue weighted by molar-refractivity contribution is 0.0708. The molecule has 0 aromatic heterocycles. The predicted octanol–water partition coefficient (Wildman–Crippen LogP) is 2.32. The number of likely N-dealkylation sites (tertiary alicyclic amines) is 2. The Morgan fingerprint density at radius 1 is 1.00 bits per heavy atom. The molecule has 0 radical (unpaired) electrons. The van der Waals surface area contributed by atoms with Gasteiger partial charge in [-0.15, -0.1) is 0 Å². The summed E-state index contributed by atoms with van der Waals surface area (Å²) in [6.45, 7) is 12.1. The molecule has 1 atom stereocenters. The van der Waals surface area contributed by atoms with Gasteiger partial charge in [-0.05, 0) is 64.8 Å². The van der Waals surface area contributed by atoms with E-state index in [2.05, 4.69) is 29.0 Å². The van der Waals surface area contributed by atoms with Crippen molar-refractivity contribution in [2.75, 3.05) is 39.3 Å². The zero-order valence-electron chi connectivity index (χ0n) is 13.0. The maximum atomic E-state index is 3.52. The highest BCUT2D eigenvalue weighted by atomic mass is 15.2. The Hall–Kier alpha value is -0.120. The van der Waals surface area contributed by atoms with Gasteiger partial charge in [-0.25, -0.2) is 0 Å². The summed E-state index contributed by atoms with van der Waals surface area (Å²) >= 11 is 0. The SMILES string of the molecule is CCNCC(CC)N1CCC(N2CCCCC2)CC1. The Balaban J connectivity index is 1.74. The molecule has 2 fully saturated rings. The summed E-state index contributed by atoms with van der Waals surface area (Å²) in [6.07, 6.45) is 8.37. The zero-order valence-corrected chi connectivity index (χ0v) is 13.0. The lowest BCUT2D eigenvalue weighted by Crippen LogP contribution is -2.51. The highest BCUT2D eigenvalue weighted by molar-refractivity contribution is 4.84. The Kier molecular flexibility index (Phi) is 6.62. The second kappa shape index (κ2) is 8.23. The fourth-order valence-electron chi connectivity index (χ4n) is 3.74. The molecule has 1 unspecified atom stereocenters. The van der Waals surface area contributed by atoms with E-state index in [4.69, 9.17) is 0 Å². The minimum atomic E-state index is 0.752. The number of nitrogens with zero attached hydrogens (tertiary/aromatic N) is 2. The molecule has 2 aliphatic rings. The van der Waals surface area contributed by atoms with E-state index >= 15 is 0 Å². The molecule has 3 nitrogen and oxygen atoms in total. The van der Waals surface area contributed by atoms with Crippen molar-refractivity contribution in [3.8, 4) is 0 Å². The first-order valence-corrected chi connectivity index (χ1v) is 8.54. The van der Waals surface area contributed by atoms with Gasteiger partial charge in [0.1, 0.15) is 0 Å². The molecule has 112 valence electrons. The van der Waals surface area contributed by atoms with Crippen LogP contribution < -0.4 is 5.32 Å². The third-order valence-electron chi connectivity index (χ3n) is 5.02. The molecule has 0 amide bonds. The minimum Gasteiger partial charge on any atom is -0.315 e. The van der Waals surface area contributed by atoms with E-state index in [1.807, 2.05) is 0 Å². The van der Waals surface area contributed by atoms with Gasteiger partial charge in [0.15, 0.2) is 0 Å². The van der Waals surface area contributed by atoms with E-state index in [1.165, 1.54) is 71.2 Å². The summed E-state index contributed by atoms with van der Waals surface area (Å²) in [4.78, 5) is 5.50. The van der Waals surface area contributed by atoms with E-state index in [-0.39, 0.29) is 0 Å². The normalized spacial score (nSPS) is 25.6. The monoisotopic (exact) mass is 267 g/mol. The van der Waals surface area contributed by atoms with Crippen LogP contribution in [0.25, 0.3) is 0 Å². The van der Waals surface area contributed by atoms with Gasteiger partial charge >= 0.3 is 0 Å². The molecule has 0 aliphatic carbocycles. The first-order chi connectivity index (χ1) is 9.35. The summed E-state index contributed by atoms with van der Waals surface area (Å²) in [7, 11) is 0. The Morgan fingerprint density at radius 3 is 2.26 bits per heavy atom. The molecule has 3 heteroatoms. The van der Waals surface area contributed by atoms with E-state index in [9.17, 15) is 0 Å². The van der Waals surface area contributed by atoms with Crippen LogP contribution in [0.3, 0.4) is 0 Å². The van der Waals surface area contributed by atoms with Crippen molar-refractivity contribution >= 4 is 0 Å². The summed E-state index contributed by atoms with van der Waals surface area (Å²) < 4.78 is 0. The van der Waals surface area contributed by atoms with Gasteiger partial charge in [0.2, 0.25) is 0 Å². The highest BCUT2D eigenvalue weighted by Gasteiger charge is 2.27.